The Morgan fingerprint density at radius 2 is 2.04 bits per heavy atom. The van der Waals surface area contributed by atoms with Gasteiger partial charge in [0.25, 0.3) is 5.56 Å². The first-order chi connectivity index (χ1) is 10.8. The van der Waals surface area contributed by atoms with Crippen LogP contribution in [0.4, 0.5) is 0 Å². The Bertz CT molecular complexity index is 885. The zero-order valence-corrected chi connectivity index (χ0v) is 13.4. The summed E-state index contributed by atoms with van der Waals surface area (Å²) in [5.74, 6) is -0.0337. The van der Waals surface area contributed by atoms with Gasteiger partial charge in [-0.25, -0.2) is 13.1 Å². The molecular weight excluding hydrogens is 318 g/mol. The second-order valence-corrected chi connectivity index (χ2v) is 6.85. The van der Waals surface area contributed by atoms with Crippen molar-refractivity contribution in [1.82, 2.24) is 9.71 Å². The molecule has 1 unspecified atom stereocenters. The van der Waals surface area contributed by atoms with Crippen molar-refractivity contribution in [3.63, 3.8) is 0 Å². The van der Waals surface area contributed by atoms with Crippen LogP contribution in [0.5, 0.6) is 0 Å². The molecule has 0 fully saturated rings. The van der Waals surface area contributed by atoms with Crippen molar-refractivity contribution in [2.24, 2.45) is 16.5 Å². The number of sulfonamides is 1. The van der Waals surface area contributed by atoms with Crippen molar-refractivity contribution < 1.29 is 8.42 Å². The Kier molecular flexibility index (Phi) is 5.02. The molecule has 0 radical (unpaired) electrons. The largest absolute Gasteiger partial charge is 0.370 e. The lowest BCUT2D eigenvalue weighted by atomic mass is 10.2. The van der Waals surface area contributed by atoms with E-state index in [4.69, 9.17) is 11.5 Å². The topological polar surface area (TPSA) is 143 Å². The first-order valence-corrected chi connectivity index (χ1v) is 8.48. The van der Waals surface area contributed by atoms with Crippen LogP contribution in [0.3, 0.4) is 0 Å². The minimum atomic E-state index is -3.74. The van der Waals surface area contributed by atoms with Gasteiger partial charge < -0.3 is 16.5 Å². The average Bonchev–Trinajstić information content (AvgIpc) is 2.46. The summed E-state index contributed by atoms with van der Waals surface area (Å²) in [6.07, 6.45) is 1.87. The number of aromatic nitrogens is 1. The number of aliphatic imine (C=N–C) groups is 1. The van der Waals surface area contributed by atoms with Gasteiger partial charge >= 0.3 is 0 Å². The van der Waals surface area contributed by atoms with Gasteiger partial charge in [-0.1, -0.05) is 6.07 Å². The van der Waals surface area contributed by atoms with Gasteiger partial charge in [-0.05, 0) is 31.5 Å². The summed E-state index contributed by atoms with van der Waals surface area (Å²) >= 11 is 0. The number of H-pyrrole nitrogens is 1. The molecule has 0 amide bonds. The number of nitrogens with zero attached hydrogens (tertiary/aromatic N) is 1. The number of nitrogens with one attached hydrogen (secondary N) is 2. The maximum absolute atomic E-state index is 12.5. The normalized spacial score (nSPS) is 12.9. The highest BCUT2D eigenvalue weighted by atomic mass is 32.2. The minimum absolute atomic E-state index is 0.0337. The number of hydrogen-bond donors (Lipinski definition) is 4. The van der Waals surface area contributed by atoms with Crippen LogP contribution >= 0.6 is 0 Å². The fraction of sp³-hybridized carbons (Fsp3) is 0.286. The van der Waals surface area contributed by atoms with Crippen LogP contribution in [0, 0.1) is 0 Å². The molecule has 124 valence electrons. The lowest BCUT2D eigenvalue weighted by Crippen LogP contribution is -2.29. The molecule has 9 heteroatoms. The average molecular weight is 337 g/mol. The fourth-order valence-electron chi connectivity index (χ4n) is 2.23. The van der Waals surface area contributed by atoms with Gasteiger partial charge in [0.05, 0.1) is 10.9 Å². The zero-order valence-electron chi connectivity index (χ0n) is 12.6. The minimum Gasteiger partial charge on any atom is -0.370 e. The van der Waals surface area contributed by atoms with Crippen molar-refractivity contribution in [2.75, 3.05) is 6.54 Å². The predicted molar refractivity (Wildman–Crippen MR) is 89.6 cm³/mol. The van der Waals surface area contributed by atoms with Gasteiger partial charge in [0.15, 0.2) is 5.96 Å². The fourth-order valence-corrected chi connectivity index (χ4v) is 3.49. The number of fused-ring (bicyclic) bond motifs is 1. The Labute approximate surface area is 133 Å². The van der Waals surface area contributed by atoms with E-state index in [-0.39, 0.29) is 29.0 Å². The lowest BCUT2D eigenvalue weighted by molar-refractivity contribution is 0.573. The monoisotopic (exact) mass is 337 g/mol. The molecule has 0 aliphatic heterocycles. The van der Waals surface area contributed by atoms with Gasteiger partial charge in [0.1, 0.15) is 0 Å². The molecule has 0 bridgehead atoms. The second-order valence-electron chi connectivity index (χ2n) is 5.11. The summed E-state index contributed by atoms with van der Waals surface area (Å²) in [7, 11) is -3.74. The van der Waals surface area contributed by atoms with Crippen LogP contribution in [0.15, 0.2) is 45.1 Å². The Hall–Kier alpha value is -2.39. The third-order valence-corrected chi connectivity index (χ3v) is 4.81. The summed E-state index contributed by atoms with van der Waals surface area (Å²) < 4.78 is 27.4. The van der Waals surface area contributed by atoms with Crippen molar-refractivity contribution in [1.29, 1.82) is 0 Å². The van der Waals surface area contributed by atoms with E-state index >= 15 is 0 Å². The van der Waals surface area contributed by atoms with Crippen LogP contribution in [0.1, 0.15) is 13.3 Å². The molecule has 0 spiro atoms. The van der Waals surface area contributed by atoms with Crippen LogP contribution in [-0.2, 0) is 10.0 Å². The van der Waals surface area contributed by atoms with E-state index in [1.807, 2.05) is 0 Å². The first-order valence-electron chi connectivity index (χ1n) is 7.00. The standard InChI is InChI=1S/C14H19N5O3S/c1-9(19-14(15)16)5-8-18-23(21,22)12-4-2-3-11-10(12)6-7-17-13(11)20/h2-4,6-7,9,18H,5,8H2,1H3,(H,17,20)(H4,15,16,19). The van der Waals surface area contributed by atoms with Crippen molar-refractivity contribution in [3.8, 4) is 0 Å². The summed E-state index contributed by atoms with van der Waals surface area (Å²) in [4.78, 5) is 18.3. The quantitative estimate of drug-likeness (QED) is 0.428. The van der Waals surface area contributed by atoms with E-state index in [2.05, 4.69) is 14.7 Å². The predicted octanol–water partition coefficient (Wildman–Crippen LogP) is -0.142. The molecule has 23 heavy (non-hydrogen) atoms. The SMILES string of the molecule is CC(CCNS(=O)(=O)c1cccc2c(=O)[nH]ccc12)N=C(N)N. The molecule has 0 aliphatic rings. The van der Waals surface area contributed by atoms with Gasteiger partial charge in [-0.15, -0.1) is 0 Å². The third-order valence-electron chi connectivity index (χ3n) is 3.29. The van der Waals surface area contributed by atoms with Crippen LogP contribution in [0.2, 0.25) is 0 Å². The number of rotatable bonds is 6. The highest BCUT2D eigenvalue weighted by Crippen LogP contribution is 2.19. The van der Waals surface area contributed by atoms with Crippen molar-refractivity contribution >= 4 is 26.8 Å². The smallest absolute Gasteiger partial charge is 0.255 e. The second kappa shape index (κ2) is 6.80. The van der Waals surface area contributed by atoms with E-state index < -0.39 is 10.0 Å². The molecule has 6 N–H and O–H groups in total. The molecule has 1 atom stereocenters. The molecule has 2 rings (SSSR count). The van der Waals surface area contributed by atoms with E-state index in [1.165, 1.54) is 18.3 Å². The molecular formula is C14H19N5O3S. The number of nitrogens with two attached hydrogens (primary N) is 2. The van der Waals surface area contributed by atoms with Crippen molar-refractivity contribution in [2.45, 2.75) is 24.3 Å². The maximum atomic E-state index is 12.5. The Balaban J connectivity index is 2.22. The summed E-state index contributed by atoms with van der Waals surface area (Å²) in [5.41, 5.74) is 10.2. The van der Waals surface area contributed by atoms with Crippen LogP contribution in [0.25, 0.3) is 10.8 Å². The number of guanidine groups is 1. The van der Waals surface area contributed by atoms with E-state index in [1.54, 1.807) is 19.1 Å². The number of aromatic amines is 1. The van der Waals surface area contributed by atoms with Gasteiger partial charge in [0, 0.05) is 23.5 Å². The molecule has 1 heterocycles. The summed E-state index contributed by atoms with van der Waals surface area (Å²) in [5, 5.41) is 0.699. The number of hydrogen-bond acceptors (Lipinski definition) is 4. The highest BCUT2D eigenvalue weighted by Gasteiger charge is 2.17. The molecule has 0 saturated heterocycles. The lowest BCUT2D eigenvalue weighted by Gasteiger charge is -2.11. The summed E-state index contributed by atoms with van der Waals surface area (Å²) in [6, 6.07) is 5.94. The number of pyridine rings is 1. The Morgan fingerprint density at radius 1 is 1.30 bits per heavy atom. The van der Waals surface area contributed by atoms with Crippen LogP contribution < -0.4 is 21.7 Å². The zero-order chi connectivity index (χ0) is 17.0. The van der Waals surface area contributed by atoms with Crippen LogP contribution in [-0.4, -0.2) is 31.9 Å². The molecule has 0 saturated carbocycles. The van der Waals surface area contributed by atoms with Crippen molar-refractivity contribution in [3.05, 3.63) is 40.8 Å². The molecule has 2 aromatic rings. The van der Waals surface area contributed by atoms with Gasteiger partial charge in [-0.2, -0.15) is 0 Å². The van der Waals surface area contributed by atoms with Gasteiger partial charge in [0.2, 0.25) is 10.0 Å². The molecule has 1 aromatic heterocycles. The number of benzene rings is 1. The third kappa shape index (κ3) is 4.08. The van der Waals surface area contributed by atoms with E-state index in [0.29, 0.717) is 17.2 Å². The summed E-state index contributed by atoms with van der Waals surface area (Å²) in [6.45, 7) is 1.96. The van der Waals surface area contributed by atoms with E-state index in [9.17, 15) is 13.2 Å². The highest BCUT2D eigenvalue weighted by molar-refractivity contribution is 7.89. The molecule has 1 aromatic carbocycles. The first kappa shape index (κ1) is 17.0. The maximum Gasteiger partial charge on any atom is 0.255 e. The van der Waals surface area contributed by atoms with Gasteiger partial charge in [-0.3, -0.25) is 9.79 Å². The Morgan fingerprint density at radius 3 is 2.74 bits per heavy atom. The molecule has 8 nitrogen and oxygen atoms in total. The molecule has 0 aliphatic carbocycles. The van der Waals surface area contributed by atoms with E-state index in [0.717, 1.165) is 0 Å².